The molecule has 3 rings (SSSR count). The van der Waals surface area contributed by atoms with Crippen molar-refractivity contribution < 1.29 is 4.74 Å². The minimum Gasteiger partial charge on any atom is -0.490 e. The van der Waals surface area contributed by atoms with E-state index in [1.165, 1.54) is 28.0 Å². The minimum absolute atomic E-state index is 0.627. The zero-order valence-electron chi connectivity index (χ0n) is 16.2. The smallest absolute Gasteiger partial charge is 0.123 e. The van der Waals surface area contributed by atoms with E-state index < -0.39 is 0 Å². The molecule has 0 bridgehead atoms. The van der Waals surface area contributed by atoms with Crippen molar-refractivity contribution in [1.82, 2.24) is 4.98 Å². The molecule has 0 saturated heterocycles. The molecule has 1 aromatic heterocycles. The maximum atomic E-state index is 5.75. The number of aromatic nitrogens is 1. The monoisotopic (exact) mass is 377 g/mol. The first-order chi connectivity index (χ1) is 13.3. The zero-order valence-corrected chi connectivity index (χ0v) is 17.0. The van der Waals surface area contributed by atoms with Crippen molar-refractivity contribution >= 4 is 11.3 Å². The van der Waals surface area contributed by atoms with Gasteiger partial charge in [0.25, 0.3) is 0 Å². The fourth-order valence-electron chi connectivity index (χ4n) is 2.85. The van der Waals surface area contributed by atoms with Gasteiger partial charge in [-0.1, -0.05) is 75.2 Å². The molecule has 0 amide bonds. The Morgan fingerprint density at radius 2 is 1.52 bits per heavy atom. The van der Waals surface area contributed by atoms with Gasteiger partial charge < -0.3 is 4.74 Å². The summed E-state index contributed by atoms with van der Waals surface area (Å²) in [5.41, 5.74) is 3.59. The van der Waals surface area contributed by atoms with E-state index in [0.29, 0.717) is 6.61 Å². The van der Waals surface area contributed by atoms with E-state index in [0.717, 1.165) is 30.0 Å². The summed E-state index contributed by atoms with van der Waals surface area (Å²) < 4.78 is 5.75. The highest BCUT2D eigenvalue weighted by Gasteiger charge is 2.05. The molecule has 0 spiro atoms. The molecule has 2 nitrogen and oxygen atoms in total. The van der Waals surface area contributed by atoms with Crippen LogP contribution in [0.15, 0.2) is 66.9 Å². The Morgan fingerprint density at radius 3 is 2.19 bits per heavy atom. The van der Waals surface area contributed by atoms with Crippen LogP contribution in [0, 0.1) is 0 Å². The number of hydrogen-bond acceptors (Lipinski definition) is 3. The molecular formula is C24H27NOS. The van der Waals surface area contributed by atoms with Crippen LogP contribution in [0.25, 0.3) is 21.7 Å². The van der Waals surface area contributed by atoms with Gasteiger partial charge in [0, 0.05) is 16.6 Å². The van der Waals surface area contributed by atoms with E-state index >= 15 is 0 Å². The summed E-state index contributed by atoms with van der Waals surface area (Å²) in [5.74, 6) is 0.905. The molecule has 3 aromatic rings. The van der Waals surface area contributed by atoms with Crippen LogP contribution in [0.5, 0.6) is 5.75 Å². The molecule has 0 atom stereocenters. The molecule has 0 radical (unpaired) electrons. The molecule has 0 aliphatic heterocycles. The second-order valence-electron chi connectivity index (χ2n) is 6.55. The Bertz CT molecular complexity index is 847. The van der Waals surface area contributed by atoms with E-state index in [1.807, 2.05) is 18.3 Å². The lowest BCUT2D eigenvalue weighted by Crippen LogP contribution is -1.93. The molecule has 0 saturated carbocycles. The molecule has 27 heavy (non-hydrogen) atoms. The largest absolute Gasteiger partial charge is 0.490 e. The Morgan fingerprint density at radius 1 is 0.852 bits per heavy atom. The zero-order chi connectivity index (χ0) is 18.9. The van der Waals surface area contributed by atoms with Crippen LogP contribution in [0.3, 0.4) is 0 Å². The fraction of sp³-hybridized carbons (Fsp3) is 0.292. The predicted molar refractivity (Wildman–Crippen MR) is 117 cm³/mol. The van der Waals surface area contributed by atoms with Crippen molar-refractivity contribution in [3.8, 4) is 27.4 Å². The third-order valence-corrected chi connectivity index (χ3v) is 5.44. The second-order valence-corrected chi connectivity index (χ2v) is 7.67. The molecule has 0 aliphatic rings. The highest BCUT2D eigenvalue weighted by atomic mass is 32.1. The SMILES string of the molecule is CCC/C=C/COc1ccc(-c2ccc(-c3ncc(CCC)s3)cc2)cc1. The Hall–Kier alpha value is -2.39. The van der Waals surface area contributed by atoms with Crippen molar-refractivity contribution in [2.45, 2.75) is 39.5 Å². The number of unbranched alkanes of at least 4 members (excludes halogenated alkanes) is 1. The number of thiazole rings is 1. The van der Waals surface area contributed by atoms with Crippen molar-refractivity contribution in [3.05, 3.63) is 71.8 Å². The van der Waals surface area contributed by atoms with Gasteiger partial charge in [-0.25, -0.2) is 4.98 Å². The molecule has 1 heterocycles. The standard InChI is InChI=1S/C24H27NOS/c1-3-5-6-7-17-26-22-15-13-20(14-16-22)19-9-11-21(12-10-19)24-25-18-23(27-24)8-4-2/h6-7,9-16,18H,3-5,8,17H2,1-2H3/b7-6+. The lowest BCUT2D eigenvalue weighted by molar-refractivity contribution is 0.362. The van der Waals surface area contributed by atoms with Gasteiger partial charge in [0.1, 0.15) is 17.4 Å². The molecule has 0 fully saturated rings. The predicted octanol–water partition coefficient (Wildman–Crippen LogP) is 7.16. The minimum atomic E-state index is 0.627. The van der Waals surface area contributed by atoms with E-state index in [9.17, 15) is 0 Å². The first kappa shape index (κ1) is 19.4. The number of allylic oxidation sites excluding steroid dienone is 1. The molecule has 0 unspecified atom stereocenters. The molecule has 140 valence electrons. The highest BCUT2D eigenvalue weighted by Crippen LogP contribution is 2.29. The normalized spacial score (nSPS) is 11.2. The number of aryl methyl sites for hydroxylation is 1. The van der Waals surface area contributed by atoms with Gasteiger partial charge in [0.05, 0.1) is 0 Å². The van der Waals surface area contributed by atoms with Gasteiger partial charge in [-0.05, 0) is 36.1 Å². The van der Waals surface area contributed by atoms with Gasteiger partial charge in [0.15, 0.2) is 0 Å². The average molecular weight is 378 g/mol. The fourth-order valence-corrected chi connectivity index (χ4v) is 3.87. The van der Waals surface area contributed by atoms with Crippen LogP contribution in [0.2, 0.25) is 0 Å². The first-order valence-corrected chi connectivity index (χ1v) is 10.5. The van der Waals surface area contributed by atoms with E-state index in [1.54, 1.807) is 11.3 Å². The van der Waals surface area contributed by atoms with Crippen LogP contribution < -0.4 is 4.74 Å². The first-order valence-electron chi connectivity index (χ1n) is 9.73. The number of nitrogens with zero attached hydrogens (tertiary/aromatic N) is 1. The Labute approximate surface area is 166 Å². The lowest BCUT2D eigenvalue weighted by Gasteiger charge is -2.06. The summed E-state index contributed by atoms with van der Waals surface area (Å²) in [6, 6.07) is 17.0. The van der Waals surface area contributed by atoms with Crippen LogP contribution >= 0.6 is 11.3 Å². The molecule has 0 N–H and O–H groups in total. The molecule has 0 aliphatic carbocycles. The van der Waals surface area contributed by atoms with Gasteiger partial charge in [-0.15, -0.1) is 11.3 Å². The topological polar surface area (TPSA) is 22.1 Å². The highest BCUT2D eigenvalue weighted by molar-refractivity contribution is 7.15. The summed E-state index contributed by atoms with van der Waals surface area (Å²) >= 11 is 1.79. The summed E-state index contributed by atoms with van der Waals surface area (Å²) in [7, 11) is 0. The van der Waals surface area contributed by atoms with E-state index in [2.05, 4.69) is 67.4 Å². The molecule has 3 heteroatoms. The van der Waals surface area contributed by atoms with Gasteiger partial charge in [-0.3, -0.25) is 0 Å². The molecular weight excluding hydrogens is 350 g/mol. The van der Waals surface area contributed by atoms with Crippen molar-refractivity contribution in [2.24, 2.45) is 0 Å². The number of ether oxygens (including phenoxy) is 1. The van der Waals surface area contributed by atoms with Crippen LogP contribution in [0.4, 0.5) is 0 Å². The van der Waals surface area contributed by atoms with Crippen LogP contribution in [-0.4, -0.2) is 11.6 Å². The van der Waals surface area contributed by atoms with Gasteiger partial charge >= 0.3 is 0 Å². The van der Waals surface area contributed by atoms with Gasteiger partial charge in [0.2, 0.25) is 0 Å². The molecule has 2 aromatic carbocycles. The van der Waals surface area contributed by atoms with Crippen molar-refractivity contribution in [1.29, 1.82) is 0 Å². The number of hydrogen-bond donors (Lipinski definition) is 0. The third-order valence-electron chi connectivity index (χ3n) is 4.34. The van der Waals surface area contributed by atoms with Gasteiger partial charge in [-0.2, -0.15) is 0 Å². The van der Waals surface area contributed by atoms with Crippen LogP contribution in [-0.2, 0) is 6.42 Å². The summed E-state index contributed by atoms with van der Waals surface area (Å²) in [4.78, 5) is 5.92. The summed E-state index contributed by atoms with van der Waals surface area (Å²) in [6.07, 6.45) is 10.8. The second kappa shape index (κ2) is 10.1. The Kier molecular flexibility index (Phi) is 7.23. The maximum absolute atomic E-state index is 5.75. The quantitative estimate of drug-likeness (QED) is 0.369. The lowest BCUT2D eigenvalue weighted by atomic mass is 10.0. The van der Waals surface area contributed by atoms with Crippen molar-refractivity contribution in [3.63, 3.8) is 0 Å². The summed E-state index contributed by atoms with van der Waals surface area (Å²) in [5, 5.41) is 1.10. The van der Waals surface area contributed by atoms with E-state index in [4.69, 9.17) is 4.74 Å². The third kappa shape index (κ3) is 5.54. The average Bonchev–Trinajstić information content (AvgIpc) is 3.17. The number of rotatable bonds is 9. The Balaban J connectivity index is 1.62. The number of benzene rings is 2. The maximum Gasteiger partial charge on any atom is 0.123 e. The van der Waals surface area contributed by atoms with Crippen LogP contribution in [0.1, 0.15) is 38.0 Å². The van der Waals surface area contributed by atoms with E-state index in [-0.39, 0.29) is 0 Å². The van der Waals surface area contributed by atoms with Crippen molar-refractivity contribution in [2.75, 3.05) is 6.61 Å². The summed E-state index contributed by atoms with van der Waals surface area (Å²) in [6.45, 7) is 5.01.